The molecule has 1 heterocycles. The van der Waals surface area contributed by atoms with E-state index in [0.717, 1.165) is 16.7 Å². The van der Waals surface area contributed by atoms with Crippen LogP contribution in [0.25, 0.3) is 11.0 Å². The van der Waals surface area contributed by atoms with Crippen molar-refractivity contribution >= 4 is 11.0 Å². The Bertz CT molecular complexity index is 847. The zero-order valence-electron chi connectivity index (χ0n) is 12.5. The molecular weight excluding hydrogens is 280 g/mol. The van der Waals surface area contributed by atoms with Crippen molar-refractivity contribution in [3.8, 4) is 11.5 Å². The molecule has 0 amide bonds. The van der Waals surface area contributed by atoms with Crippen LogP contribution in [0.3, 0.4) is 0 Å². The molecule has 2 aromatic carbocycles. The Morgan fingerprint density at radius 3 is 2.59 bits per heavy atom. The lowest BCUT2D eigenvalue weighted by Crippen LogP contribution is -2.04. The zero-order valence-corrected chi connectivity index (χ0v) is 12.5. The third-order valence-corrected chi connectivity index (χ3v) is 3.45. The normalized spacial score (nSPS) is 10.6. The first-order chi connectivity index (χ1) is 10.7. The molecule has 22 heavy (non-hydrogen) atoms. The Labute approximate surface area is 127 Å². The number of hydrogen-bond acceptors (Lipinski definition) is 4. The second-order valence-corrected chi connectivity index (χ2v) is 5.03. The van der Waals surface area contributed by atoms with Crippen molar-refractivity contribution < 1.29 is 13.9 Å². The lowest BCUT2D eigenvalue weighted by molar-refractivity contribution is 0.306. The van der Waals surface area contributed by atoms with Crippen LogP contribution in [0.15, 0.2) is 57.7 Å². The lowest BCUT2D eigenvalue weighted by Gasteiger charge is -2.10. The molecule has 0 spiro atoms. The fourth-order valence-electron chi connectivity index (χ4n) is 2.30. The van der Waals surface area contributed by atoms with Gasteiger partial charge in [0, 0.05) is 17.0 Å². The molecule has 0 unspecified atom stereocenters. The minimum Gasteiger partial charge on any atom is -0.493 e. The summed E-state index contributed by atoms with van der Waals surface area (Å²) in [6, 6.07) is 14.7. The molecule has 0 radical (unpaired) electrons. The Morgan fingerprint density at radius 1 is 1.09 bits per heavy atom. The highest BCUT2D eigenvalue weighted by Gasteiger charge is 2.10. The minimum atomic E-state index is -0.417. The molecular formula is C18H16O4. The van der Waals surface area contributed by atoms with E-state index in [1.165, 1.54) is 11.6 Å². The maximum Gasteiger partial charge on any atom is 0.336 e. The summed E-state index contributed by atoms with van der Waals surface area (Å²) in [5.74, 6) is 1.29. The van der Waals surface area contributed by atoms with Gasteiger partial charge in [-0.1, -0.05) is 29.8 Å². The van der Waals surface area contributed by atoms with E-state index in [1.807, 2.05) is 43.3 Å². The molecule has 3 aromatic rings. The summed E-state index contributed by atoms with van der Waals surface area (Å²) in [7, 11) is 1.55. The summed E-state index contributed by atoms with van der Waals surface area (Å²) in [5, 5.41) is 0.811. The quantitative estimate of drug-likeness (QED) is 0.689. The van der Waals surface area contributed by atoms with Crippen LogP contribution in [0.4, 0.5) is 0 Å². The maximum atomic E-state index is 11.8. The summed E-state index contributed by atoms with van der Waals surface area (Å²) in [5.41, 5.74) is 1.97. The standard InChI is InChI=1S/C18H16O4/c1-12-6-8-14(9-7-12)21-11-13-10-17(19)22-18-15(13)4-3-5-16(18)20-2/h3-10H,11H2,1-2H3. The molecule has 3 rings (SSSR count). The summed E-state index contributed by atoms with van der Waals surface area (Å²) in [6.07, 6.45) is 0. The lowest BCUT2D eigenvalue weighted by atomic mass is 10.1. The highest BCUT2D eigenvalue weighted by atomic mass is 16.5. The number of methoxy groups -OCH3 is 1. The molecule has 112 valence electrons. The molecule has 4 heteroatoms. The van der Waals surface area contributed by atoms with Crippen molar-refractivity contribution in [2.45, 2.75) is 13.5 Å². The van der Waals surface area contributed by atoms with E-state index in [0.29, 0.717) is 17.9 Å². The number of ether oxygens (including phenoxy) is 2. The Balaban J connectivity index is 1.96. The second-order valence-electron chi connectivity index (χ2n) is 5.03. The van der Waals surface area contributed by atoms with Crippen molar-refractivity contribution in [2.75, 3.05) is 7.11 Å². The summed E-state index contributed by atoms with van der Waals surface area (Å²) in [4.78, 5) is 11.8. The SMILES string of the molecule is COc1cccc2c(COc3ccc(C)cc3)cc(=O)oc12. The van der Waals surface area contributed by atoms with Gasteiger partial charge in [-0.15, -0.1) is 0 Å². The average molecular weight is 296 g/mol. The molecule has 0 bridgehead atoms. The predicted octanol–water partition coefficient (Wildman–Crippen LogP) is 3.69. The molecule has 0 aliphatic rings. The van der Waals surface area contributed by atoms with Crippen molar-refractivity contribution in [3.05, 3.63) is 70.1 Å². The van der Waals surface area contributed by atoms with Gasteiger partial charge in [0.15, 0.2) is 11.3 Å². The van der Waals surface area contributed by atoms with Gasteiger partial charge in [0.05, 0.1) is 7.11 Å². The van der Waals surface area contributed by atoms with E-state index >= 15 is 0 Å². The fraction of sp³-hybridized carbons (Fsp3) is 0.167. The largest absolute Gasteiger partial charge is 0.493 e. The van der Waals surface area contributed by atoms with Crippen molar-refractivity contribution in [1.29, 1.82) is 0 Å². The molecule has 0 saturated carbocycles. The van der Waals surface area contributed by atoms with E-state index in [-0.39, 0.29) is 0 Å². The van der Waals surface area contributed by atoms with Crippen LogP contribution >= 0.6 is 0 Å². The third-order valence-electron chi connectivity index (χ3n) is 3.45. The van der Waals surface area contributed by atoms with Crippen LogP contribution in [0.5, 0.6) is 11.5 Å². The first-order valence-corrected chi connectivity index (χ1v) is 6.96. The zero-order chi connectivity index (χ0) is 15.5. The number of rotatable bonds is 4. The molecule has 4 nitrogen and oxygen atoms in total. The van der Waals surface area contributed by atoms with Gasteiger partial charge < -0.3 is 13.9 Å². The van der Waals surface area contributed by atoms with Gasteiger partial charge in [-0.3, -0.25) is 0 Å². The van der Waals surface area contributed by atoms with E-state index < -0.39 is 5.63 Å². The molecule has 0 saturated heterocycles. The van der Waals surface area contributed by atoms with E-state index in [2.05, 4.69) is 0 Å². The van der Waals surface area contributed by atoms with E-state index in [4.69, 9.17) is 13.9 Å². The van der Waals surface area contributed by atoms with Crippen molar-refractivity contribution in [1.82, 2.24) is 0 Å². The molecule has 1 aromatic heterocycles. The number of hydrogen-bond donors (Lipinski definition) is 0. The van der Waals surface area contributed by atoms with Crippen LogP contribution in [0, 0.1) is 6.92 Å². The van der Waals surface area contributed by atoms with Gasteiger partial charge >= 0.3 is 5.63 Å². The summed E-state index contributed by atoms with van der Waals surface area (Å²) < 4.78 is 16.3. The first-order valence-electron chi connectivity index (χ1n) is 6.96. The van der Waals surface area contributed by atoms with Crippen LogP contribution in [-0.2, 0) is 6.61 Å². The van der Waals surface area contributed by atoms with Crippen LogP contribution < -0.4 is 15.1 Å². The van der Waals surface area contributed by atoms with Gasteiger partial charge in [0.2, 0.25) is 0 Å². The van der Waals surface area contributed by atoms with E-state index in [1.54, 1.807) is 13.2 Å². The fourth-order valence-corrected chi connectivity index (χ4v) is 2.30. The topological polar surface area (TPSA) is 48.7 Å². The van der Waals surface area contributed by atoms with Crippen LogP contribution in [0.2, 0.25) is 0 Å². The highest BCUT2D eigenvalue weighted by molar-refractivity contribution is 5.85. The van der Waals surface area contributed by atoms with Gasteiger partial charge in [-0.25, -0.2) is 4.79 Å². The third kappa shape index (κ3) is 2.81. The molecule has 0 N–H and O–H groups in total. The smallest absolute Gasteiger partial charge is 0.336 e. The van der Waals surface area contributed by atoms with Crippen LogP contribution in [0.1, 0.15) is 11.1 Å². The minimum absolute atomic E-state index is 0.290. The molecule has 0 aliphatic heterocycles. The Hall–Kier alpha value is -2.75. The average Bonchev–Trinajstić information content (AvgIpc) is 2.53. The van der Waals surface area contributed by atoms with Gasteiger partial charge in [-0.05, 0) is 25.1 Å². The van der Waals surface area contributed by atoms with Crippen molar-refractivity contribution in [2.24, 2.45) is 0 Å². The number of benzene rings is 2. The molecule has 0 atom stereocenters. The van der Waals surface area contributed by atoms with Gasteiger partial charge in [0.25, 0.3) is 0 Å². The van der Waals surface area contributed by atoms with Gasteiger partial charge in [-0.2, -0.15) is 0 Å². The second kappa shape index (κ2) is 5.93. The van der Waals surface area contributed by atoms with Crippen molar-refractivity contribution in [3.63, 3.8) is 0 Å². The Kier molecular flexibility index (Phi) is 3.83. The molecule has 0 aliphatic carbocycles. The first kappa shape index (κ1) is 14.2. The van der Waals surface area contributed by atoms with Crippen LogP contribution in [-0.4, -0.2) is 7.11 Å². The number of aryl methyl sites for hydroxylation is 1. The van der Waals surface area contributed by atoms with E-state index in [9.17, 15) is 4.79 Å². The maximum absolute atomic E-state index is 11.8. The monoisotopic (exact) mass is 296 g/mol. The number of fused-ring (bicyclic) bond motifs is 1. The molecule has 0 fully saturated rings. The summed E-state index contributed by atoms with van der Waals surface area (Å²) >= 11 is 0. The highest BCUT2D eigenvalue weighted by Crippen LogP contribution is 2.27. The predicted molar refractivity (Wildman–Crippen MR) is 84.5 cm³/mol. The Morgan fingerprint density at radius 2 is 1.86 bits per heavy atom. The number of para-hydroxylation sites is 1. The summed E-state index contributed by atoms with van der Waals surface area (Å²) in [6.45, 7) is 2.31. The van der Waals surface area contributed by atoms with Gasteiger partial charge in [0.1, 0.15) is 12.4 Å².